The Hall–Kier alpha value is -1.11. The first-order chi connectivity index (χ1) is 9.13. The summed E-state index contributed by atoms with van der Waals surface area (Å²) in [5.41, 5.74) is 0.613. The van der Waals surface area contributed by atoms with Gasteiger partial charge in [-0.15, -0.1) is 0 Å². The van der Waals surface area contributed by atoms with Crippen LogP contribution >= 0.6 is 0 Å². The highest BCUT2D eigenvalue weighted by molar-refractivity contribution is 7.89. The third-order valence-corrected chi connectivity index (χ3v) is 4.83. The smallest absolute Gasteiger partial charge is 0.242 e. The Morgan fingerprint density at radius 2 is 1.95 bits per heavy atom. The van der Waals surface area contributed by atoms with Crippen molar-refractivity contribution in [2.45, 2.75) is 17.7 Å². The summed E-state index contributed by atoms with van der Waals surface area (Å²) in [6.07, 6.45) is 1.83. The normalized spacial score (nSPS) is 17.3. The van der Waals surface area contributed by atoms with E-state index >= 15 is 0 Å². The van der Waals surface area contributed by atoms with Crippen molar-refractivity contribution < 1.29 is 13.2 Å². The Morgan fingerprint density at radius 3 is 2.63 bits per heavy atom. The van der Waals surface area contributed by atoms with Gasteiger partial charge in [0.25, 0.3) is 0 Å². The molecule has 1 aliphatic rings. The maximum Gasteiger partial charge on any atom is 0.242 e. The number of nitrogens with one attached hydrogen (secondary N) is 2. The van der Waals surface area contributed by atoms with Gasteiger partial charge in [0.2, 0.25) is 10.0 Å². The summed E-state index contributed by atoms with van der Waals surface area (Å²) in [6, 6.07) is 6.90. The highest BCUT2D eigenvalue weighted by atomic mass is 32.2. The molecule has 0 aromatic heterocycles. The highest BCUT2D eigenvalue weighted by Crippen LogP contribution is 2.21. The van der Waals surface area contributed by atoms with Crippen LogP contribution in [0, 0.1) is 5.92 Å². The molecule has 0 bridgehead atoms. The van der Waals surface area contributed by atoms with Gasteiger partial charge in [-0.2, -0.15) is 0 Å². The van der Waals surface area contributed by atoms with Crippen LogP contribution in [0.5, 0.6) is 0 Å². The molecule has 1 heterocycles. The zero-order valence-electron chi connectivity index (χ0n) is 11.1. The second-order valence-corrected chi connectivity index (χ2v) is 6.39. The lowest BCUT2D eigenvalue weighted by atomic mass is 10.0. The molecule has 1 fully saturated rings. The quantitative estimate of drug-likeness (QED) is 0.858. The summed E-state index contributed by atoms with van der Waals surface area (Å²) >= 11 is 0. The van der Waals surface area contributed by atoms with Crippen molar-refractivity contribution in [2.24, 2.45) is 5.92 Å². The van der Waals surface area contributed by atoms with Gasteiger partial charge in [-0.3, -0.25) is 0 Å². The van der Waals surface area contributed by atoms with Crippen LogP contribution in [-0.4, -0.2) is 35.2 Å². The SMILES string of the molecule is CNc1ccccc1S(=O)(=O)NCC1CCOCC1. The van der Waals surface area contributed by atoms with E-state index in [-0.39, 0.29) is 0 Å². The van der Waals surface area contributed by atoms with E-state index in [0.29, 0.717) is 23.0 Å². The number of hydrogen-bond acceptors (Lipinski definition) is 4. The number of sulfonamides is 1. The molecule has 0 radical (unpaired) electrons. The van der Waals surface area contributed by atoms with Crippen molar-refractivity contribution in [3.8, 4) is 0 Å². The zero-order valence-corrected chi connectivity index (χ0v) is 11.9. The summed E-state index contributed by atoms with van der Waals surface area (Å²) in [7, 11) is -1.74. The molecule has 2 N–H and O–H groups in total. The summed E-state index contributed by atoms with van der Waals surface area (Å²) in [4.78, 5) is 0.296. The average Bonchev–Trinajstić information content (AvgIpc) is 2.46. The topological polar surface area (TPSA) is 67.4 Å². The molecule has 0 amide bonds. The molecule has 2 rings (SSSR count). The first kappa shape index (κ1) is 14.3. The Morgan fingerprint density at radius 1 is 1.26 bits per heavy atom. The fourth-order valence-electron chi connectivity index (χ4n) is 2.16. The van der Waals surface area contributed by atoms with Crippen LogP contribution in [-0.2, 0) is 14.8 Å². The van der Waals surface area contributed by atoms with Crippen molar-refractivity contribution in [1.29, 1.82) is 0 Å². The number of hydrogen-bond donors (Lipinski definition) is 2. The lowest BCUT2D eigenvalue weighted by molar-refractivity contribution is 0.0678. The molecule has 0 aliphatic carbocycles. The minimum atomic E-state index is -3.46. The van der Waals surface area contributed by atoms with Gasteiger partial charge in [0.1, 0.15) is 4.90 Å². The van der Waals surface area contributed by atoms with Gasteiger partial charge in [-0.1, -0.05) is 12.1 Å². The van der Waals surface area contributed by atoms with Crippen molar-refractivity contribution in [3.05, 3.63) is 24.3 Å². The Balaban J connectivity index is 2.05. The predicted octanol–water partition coefficient (Wildman–Crippen LogP) is 1.43. The largest absolute Gasteiger partial charge is 0.387 e. The maximum absolute atomic E-state index is 12.3. The molecule has 0 saturated carbocycles. The van der Waals surface area contributed by atoms with Gasteiger partial charge in [-0.25, -0.2) is 13.1 Å². The second-order valence-electron chi connectivity index (χ2n) is 4.65. The molecule has 0 unspecified atom stereocenters. The molecule has 5 nitrogen and oxygen atoms in total. The maximum atomic E-state index is 12.3. The first-order valence-corrected chi connectivity index (χ1v) is 7.96. The Bertz CT molecular complexity index is 510. The van der Waals surface area contributed by atoms with E-state index in [9.17, 15) is 8.42 Å². The second kappa shape index (κ2) is 6.36. The molecule has 1 saturated heterocycles. The molecule has 19 heavy (non-hydrogen) atoms. The third-order valence-electron chi connectivity index (χ3n) is 3.35. The molecule has 1 aromatic carbocycles. The summed E-state index contributed by atoms with van der Waals surface area (Å²) in [6.45, 7) is 1.92. The Kier molecular flexibility index (Phi) is 4.79. The van der Waals surface area contributed by atoms with E-state index in [4.69, 9.17) is 4.74 Å². The van der Waals surface area contributed by atoms with Crippen LogP contribution in [0.3, 0.4) is 0 Å². The number of rotatable bonds is 5. The minimum absolute atomic E-state index is 0.296. The van der Waals surface area contributed by atoms with Gasteiger partial charge >= 0.3 is 0 Å². The summed E-state index contributed by atoms with van der Waals surface area (Å²) in [5.74, 6) is 0.366. The van der Waals surface area contributed by atoms with Crippen LogP contribution in [0.15, 0.2) is 29.2 Å². The number of ether oxygens (including phenoxy) is 1. The molecule has 106 valence electrons. The number of para-hydroxylation sites is 1. The van der Waals surface area contributed by atoms with Crippen LogP contribution in [0.4, 0.5) is 5.69 Å². The summed E-state index contributed by atoms with van der Waals surface area (Å²) < 4.78 is 32.5. The summed E-state index contributed by atoms with van der Waals surface area (Å²) in [5, 5.41) is 2.90. The molecular weight excluding hydrogens is 264 g/mol. The standard InChI is InChI=1S/C13H20N2O3S/c1-14-12-4-2-3-5-13(12)19(16,17)15-10-11-6-8-18-9-7-11/h2-5,11,14-15H,6-10H2,1H3. The van der Waals surface area contributed by atoms with E-state index in [0.717, 1.165) is 26.1 Å². The fourth-order valence-corrected chi connectivity index (χ4v) is 3.49. The lowest BCUT2D eigenvalue weighted by Crippen LogP contribution is -2.32. The van der Waals surface area contributed by atoms with E-state index < -0.39 is 10.0 Å². The van der Waals surface area contributed by atoms with Crippen molar-refractivity contribution in [3.63, 3.8) is 0 Å². The van der Waals surface area contributed by atoms with Crippen LogP contribution in [0.1, 0.15) is 12.8 Å². The fraction of sp³-hybridized carbons (Fsp3) is 0.538. The molecule has 6 heteroatoms. The van der Waals surface area contributed by atoms with E-state index in [1.54, 1.807) is 25.2 Å². The monoisotopic (exact) mass is 284 g/mol. The third kappa shape index (κ3) is 3.68. The van der Waals surface area contributed by atoms with Gasteiger partial charge in [-0.05, 0) is 30.9 Å². The number of benzene rings is 1. The first-order valence-electron chi connectivity index (χ1n) is 6.47. The average molecular weight is 284 g/mol. The van der Waals surface area contributed by atoms with E-state index in [1.807, 2.05) is 6.07 Å². The van der Waals surface area contributed by atoms with Crippen molar-refractivity contribution in [2.75, 3.05) is 32.1 Å². The molecule has 0 atom stereocenters. The lowest BCUT2D eigenvalue weighted by Gasteiger charge is -2.22. The van der Waals surface area contributed by atoms with Gasteiger partial charge in [0.05, 0.1) is 5.69 Å². The Labute approximate surface area is 114 Å². The van der Waals surface area contributed by atoms with Crippen LogP contribution in [0.25, 0.3) is 0 Å². The number of anilines is 1. The van der Waals surface area contributed by atoms with E-state index in [2.05, 4.69) is 10.0 Å². The molecular formula is C13H20N2O3S. The van der Waals surface area contributed by atoms with Gasteiger partial charge < -0.3 is 10.1 Å². The van der Waals surface area contributed by atoms with Crippen LogP contribution in [0.2, 0.25) is 0 Å². The van der Waals surface area contributed by atoms with Crippen molar-refractivity contribution >= 4 is 15.7 Å². The zero-order chi connectivity index (χ0) is 13.7. The van der Waals surface area contributed by atoms with Crippen LogP contribution < -0.4 is 10.0 Å². The molecule has 1 aliphatic heterocycles. The van der Waals surface area contributed by atoms with Gasteiger partial charge in [0.15, 0.2) is 0 Å². The van der Waals surface area contributed by atoms with Crippen molar-refractivity contribution in [1.82, 2.24) is 4.72 Å². The van der Waals surface area contributed by atoms with Gasteiger partial charge in [0, 0.05) is 26.8 Å². The predicted molar refractivity (Wildman–Crippen MR) is 74.7 cm³/mol. The molecule has 1 aromatic rings. The van der Waals surface area contributed by atoms with E-state index in [1.165, 1.54) is 0 Å². The highest BCUT2D eigenvalue weighted by Gasteiger charge is 2.20. The minimum Gasteiger partial charge on any atom is -0.387 e. The molecule has 0 spiro atoms.